The number of nitrogens with zero attached hydrogens (tertiary/aromatic N) is 4. The van der Waals surface area contributed by atoms with Crippen LogP contribution in [-0.4, -0.2) is 26.7 Å². The van der Waals surface area contributed by atoms with Gasteiger partial charge in [-0.25, -0.2) is 4.68 Å². The van der Waals surface area contributed by atoms with E-state index in [0.29, 0.717) is 6.54 Å². The Kier molecular flexibility index (Phi) is 3.87. The molecule has 6 nitrogen and oxygen atoms in total. The summed E-state index contributed by atoms with van der Waals surface area (Å²) in [6, 6.07) is 1.90. The molecule has 0 bridgehead atoms. The van der Waals surface area contributed by atoms with Gasteiger partial charge in [-0.3, -0.25) is 0 Å². The highest BCUT2D eigenvalue weighted by Crippen LogP contribution is 2.05. The Hall–Kier alpha value is -1.69. The van der Waals surface area contributed by atoms with E-state index < -0.39 is 0 Å². The van der Waals surface area contributed by atoms with E-state index in [0.717, 1.165) is 43.0 Å². The fourth-order valence-electron chi connectivity index (χ4n) is 1.64. The number of unbranched alkanes of at least 4 members (excludes halogenated alkanes) is 1. The molecule has 17 heavy (non-hydrogen) atoms. The maximum absolute atomic E-state index is 5.44. The van der Waals surface area contributed by atoms with Gasteiger partial charge in [-0.1, -0.05) is 10.4 Å². The lowest BCUT2D eigenvalue weighted by atomic mass is 10.2. The van der Waals surface area contributed by atoms with Crippen LogP contribution in [0.3, 0.4) is 0 Å². The number of aryl methyl sites for hydroxylation is 2. The maximum Gasteiger partial charge on any atom is 0.133 e. The zero-order valence-electron chi connectivity index (χ0n) is 9.96. The van der Waals surface area contributed by atoms with Crippen LogP contribution in [0.25, 0.3) is 0 Å². The maximum atomic E-state index is 5.44. The largest absolute Gasteiger partial charge is 0.361 e. The molecule has 0 unspecified atom stereocenters. The summed E-state index contributed by atoms with van der Waals surface area (Å²) in [6.45, 7) is 3.20. The van der Waals surface area contributed by atoms with Gasteiger partial charge in [-0.05, 0) is 32.7 Å². The lowest BCUT2D eigenvalue weighted by Crippen LogP contribution is -2.00. The molecule has 92 valence electrons. The van der Waals surface area contributed by atoms with Crippen molar-refractivity contribution in [1.82, 2.24) is 20.2 Å². The monoisotopic (exact) mass is 235 g/mol. The molecule has 0 aliphatic carbocycles. The summed E-state index contributed by atoms with van der Waals surface area (Å²) in [4.78, 5) is 0. The third-order valence-electron chi connectivity index (χ3n) is 2.47. The fraction of sp³-hybridized carbons (Fsp3) is 0.545. The van der Waals surface area contributed by atoms with Crippen molar-refractivity contribution in [3.05, 3.63) is 29.4 Å². The van der Waals surface area contributed by atoms with Crippen molar-refractivity contribution >= 4 is 0 Å². The summed E-state index contributed by atoms with van der Waals surface area (Å²) in [5.74, 6) is 0.809. The third kappa shape index (κ3) is 3.39. The zero-order valence-corrected chi connectivity index (χ0v) is 9.96. The second kappa shape index (κ2) is 5.58. The number of hydrogen-bond donors (Lipinski definition) is 1. The van der Waals surface area contributed by atoms with Crippen molar-refractivity contribution in [3.63, 3.8) is 0 Å². The van der Waals surface area contributed by atoms with Gasteiger partial charge >= 0.3 is 0 Å². The quantitative estimate of drug-likeness (QED) is 0.752. The molecule has 0 fully saturated rings. The summed E-state index contributed by atoms with van der Waals surface area (Å²) >= 11 is 0. The zero-order chi connectivity index (χ0) is 12.1. The van der Waals surface area contributed by atoms with Crippen molar-refractivity contribution in [2.75, 3.05) is 6.54 Å². The molecule has 2 rings (SSSR count). The van der Waals surface area contributed by atoms with Crippen LogP contribution in [0, 0.1) is 6.92 Å². The Balaban J connectivity index is 1.89. The highest BCUT2D eigenvalue weighted by molar-refractivity contribution is 5.04. The predicted molar refractivity (Wildman–Crippen MR) is 62.4 cm³/mol. The first-order valence-corrected chi connectivity index (χ1v) is 5.79. The smallest absolute Gasteiger partial charge is 0.133 e. The summed E-state index contributed by atoms with van der Waals surface area (Å²) in [5, 5.41) is 12.1. The van der Waals surface area contributed by atoms with E-state index >= 15 is 0 Å². The van der Waals surface area contributed by atoms with Gasteiger partial charge in [0, 0.05) is 12.3 Å². The molecule has 6 heteroatoms. The van der Waals surface area contributed by atoms with Gasteiger partial charge < -0.3 is 10.3 Å². The van der Waals surface area contributed by atoms with Crippen LogP contribution in [0.2, 0.25) is 0 Å². The second-order valence-corrected chi connectivity index (χ2v) is 4.08. The molecule has 2 heterocycles. The summed E-state index contributed by atoms with van der Waals surface area (Å²) in [6.07, 6.45) is 4.95. The Bertz CT molecular complexity index is 462. The van der Waals surface area contributed by atoms with E-state index in [1.807, 2.05) is 19.2 Å². The van der Waals surface area contributed by atoms with Crippen LogP contribution in [0.5, 0.6) is 0 Å². The van der Waals surface area contributed by atoms with E-state index in [2.05, 4.69) is 15.5 Å². The van der Waals surface area contributed by atoms with Crippen LogP contribution in [0.1, 0.15) is 30.0 Å². The number of aromatic nitrogens is 4. The Morgan fingerprint density at radius 3 is 2.94 bits per heavy atom. The van der Waals surface area contributed by atoms with Crippen LogP contribution in [-0.2, 0) is 13.0 Å². The average molecular weight is 235 g/mol. The van der Waals surface area contributed by atoms with Crippen LogP contribution in [0.15, 0.2) is 16.8 Å². The van der Waals surface area contributed by atoms with Crippen LogP contribution < -0.4 is 5.73 Å². The van der Waals surface area contributed by atoms with Gasteiger partial charge in [0.2, 0.25) is 0 Å². The molecule has 0 aliphatic heterocycles. The molecule has 2 aromatic heterocycles. The molecule has 0 saturated carbocycles. The lowest BCUT2D eigenvalue weighted by molar-refractivity contribution is 0.387. The second-order valence-electron chi connectivity index (χ2n) is 4.08. The van der Waals surface area contributed by atoms with Crippen molar-refractivity contribution in [2.24, 2.45) is 5.73 Å². The van der Waals surface area contributed by atoms with E-state index in [4.69, 9.17) is 10.3 Å². The van der Waals surface area contributed by atoms with Crippen LogP contribution in [0.4, 0.5) is 0 Å². The summed E-state index contributed by atoms with van der Waals surface area (Å²) < 4.78 is 6.77. The minimum Gasteiger partial charge on any atom is -0.361 e. The fourth-order valence-corrected chi connectivity index (χ4v) is 1.64. The van der Waals surface area contributed by atoms with E-state index in [1.54, 1.807) is 4.68 Å². The lowest BCUT2D eigenvalue weighted by Gasteiger charge is -1.94. The molecular formula is C11H17N5O. The summed E-state index contributed by atoms with van der Waals surface area (Å²) in [5.41, 5.74) is 7.30. The van der Waals surface area contributed by atoms with Gasteiger partial charge in [-0.2, -0.15) is 0 Å². The van der Waals surface area contributed by atoms with Crippen LogP contribution >= 0.6 is 0 Å². The number of hydrogen-bond acceptors (Lipinski definition) is 5. The SMILES string of the molecule is Cc1cc(Cn2cc(CCCCN)nn2)no1. The third-order valence-corrected chi connectivity index (χ3v) is 2.47. The van der Waals surface area contributed by atoms with E-state index in [1.165, 1.54) is 0 Å². The van der Waals surface area contributed by atoms with Gasteiger partial charge in [0.15, 0.2) is 0 Å². The molecule has 0 radical (unpaired) electrons. The highest BCUT2D eigenvalue weighted by atomic mass is 16.5. The predicted octanol–water partition coefficient (Wildman–Crippen LogP) is 0.904. The molecule has 0 aromatic carbocycles. The molecule has 0 amide bonds. The molecule has 2 aromatic rings. The first kappa shape index (κ1) is 11.8. The molecule has 0 spiro atoms. The van der Waals surface area contributed by atoms with Crippen molar-refractivity contribution in [3.8, 4) is 0 Å². The average Bonchev–Trinajstić information content (AvgIpc) is 2.90. The minimum absolute atomic E-state index is 0.598. The Labute approximate surface area is 99.8 Å². The van der Waals surface area contributed by atoms with E-state index in [9.17, 15) is 0 Å². The Morgan fingerprint density at radius 2 is 2.24 bits per heavy atom. The number of nitrogens with two attached hydrogens (primary N) is 1. The van der Waals surface area contributed by atoms with Gasteiger partial charge in [0.05, 0.1) is 12.2 Å². The molecular weight excluding hydrogens is 218 g/mol. The molecule has 2 N–H and O–H groups in total. The summed E-state index contributed by atoms with van der Waals surface area (Å²) in [7, 11) is 0. The number of rotatable bonds is 6. The minimum atomic E-state index is 0.598. The van der Waals surface area contributed by atoms with Gasteiger partial charge in [0.25, 0.3) is 0 Å². The van der Waals surface area contributed by atoms with Crippen molar-refractivity contribution < 1.29 is 4.52 Å². The Morgan fingerprint density at radius 1 is 1.35 bits per heavy atom. The first-order valence-electron chi connectivity index (χ1n) is 5.79. The van der Waals surface area contributed by atoms with Gasteiger partial charge in [-0.15, -0.1) is 5.10 Å². The topological polar surface area (TPSA) is 82.8 Å². The highest BCUT2D eigenvalue weighted by Gasteiger charge is 2.04. The van der Waals surface area contributed by atoms with Gasteiger partial charge in [0.1, 0.15) is 11.5 Å². The first-order chi connectivity index (χ1) is 8.28. The standard InChI is InChI=1S/C11H17N5O/c1-9-6-11(14-17-9)8-16-7-10(13-15-16)4-2-3-5-12/h6-7H,2-5,8,12H2,1H3. The van der Waals surface area contributed by atoms with E-state index in [-0.39, 0.29) is 0 Å². The molecule has 0 atom stereocenters. The molecule has 0 aliphatic rings. The normalized spacial score (nSPS) is 10.9. The van der Waals surface area contributed by atoms with Crippen molar-refractivity contribution in [2.45, 2.75) is 32.7 Å². The van der Waals surface area contributed by atoms with Crippen molar-refractivity contribution in [1.29, 1.82) is 0 Å². The molecule has 0 saturated heterocycles.